The van der Waals surface area contributed by atoms with Crippen LogP contribution >= 0.6 is 0 Å². The Kier molecular flexibility index (Phi) is 5.03. The lowest BCUT2D eigenvalue weighted by Crippen LogP contribution is -2.21. The highest BCUT2D eigenvalue weighted by molar-refractivity contribution is 5.70. The third-order valence-electron chi connectivity index (χ3n) is 2.37. The molecule has 94 valence electrons. The fraction of sp³-hybridized carbons (Fsp3) is 0.417. The van der Waals surface area contributed by atoms with Crippen LogP contribution < -0.4 is 5.32 Å². The van der Waals surface area contributed by atoms with Gasteiger partial charge < -0.3 is 10.1 Å². The van der Waals surface area contributed by atoms with Gasteiger partial charge in [-0.1, -0.05) is 6.07 Å². The number of benzene rings is 1. The molecule has 0 saturated carbocycles. The van der Waals surface area contributed by atoms with Gasteiger partial charge in [-0.2, -0.15) is 0 Å². The van der Waals surface area contributed by atoms with Gasteiger partial charge in [-0.15, -0.1) is 0 Å². The zero-order valence-electron chi connectivity index (χ0n) is 9.80. The van der Waals surface area contributed by atoms with Crippen molar-refractivity contribution in [3.05, 3.63) is 35.4 Å². The van der Waals surface area contributed by atoms with Crippen molar-refractivity contribution in [2.45, 2.75) is 19.4 Å². The van der Waals surface area contributed by atoms with E-state index in [-0.39, 0.29) is 18.4 Å². The van der Waals surface area contributed by atoms with E-state index >= 15 is 0 Å². The number of ether oxygens (including phenoxy) is 1. The predicted octanol–water partition coefficient (Wildman–Crippen LogP) is 2.18. The molecule has 0 amide bonds. The average molecular weight is 243 g/mol. The van der Waals surface area contributed by atoms with Gasteiger partial charge in [0.2, 0.25) is 0 Å². The highest BCUT2D eigenvalue weighted by Crippen LogP contribution is 2.19. The summed E-state index contributed by atoms with van der Waals surface area (Å²) in [7, 11) is 1.64. The molecule has 0 radical (unpaired) electrons. The molecular weight excluding hydrogens is 228 g/mol. The number of hydrogen-bond donors (Lipinski definition) is 1. The van der Waals surface area contributed by atoms with E-state index in [2.05, 4.69) is 5.32 Å². The van der Waals surface area contributed by atoms with Gasteiger partial charge in [0.15, 0.2) is 11.6 Å². The first-order valence-corrected chi connectivity index (χ1v) is 5.36. The molecule has 0 spiro atoms. The van der Waals surface area contributed by atoms with Gasteiger partial charge in [-0.05, 0) is 31.7 Å². The molecule has 0 saturated heterocycles. The Morgan fingerprint density at radius 2 is 2.12 bits per heavy atom. The smallest absolute Gasteiger partial charge is 0.307 e. The van der Waals surface area contributed by atoms with Crippen molar-refractivity contribution in [1.82, 2.24) is 5.32 Å². The normalized spacial score (nSPS) is 12.2. The summed E-state index contributed by atoms with van der Waals surface area (Å²) < 4.78 is 30.6. The van der Waals surface area contributed by atoms with Crippen molar-refractivity contribution < 1.29 is 18.3 Å². The summed E-state index contributed by atoms with van der Waals surface area (Å²) in [5.74, 6) is -2.21. The fourth-order valence-corrected chi connectivity index (χ4v) is 1.50. The van der Waals surface area contributed by atoms with Crippen LogP contribution in [0, 0.1) is 11.6 Å². The molecule has 0 bridgehead atoms. The van der Waals surface area contributed by atoms with E-state index in [0.717, 1.165) is 12.1 Å². The van der Waals surface area contributed by atoms with Crippen molar-refractivity contribution >= 4 is 5.97 Å². The quantitative estimate of drug-likeness (QED) is 0.805. The number of nitrogens with one attached hydrogen (secondary N) is 1. The molecule has 3 nitrogen and oxygen atoms in total. The van der Waals surface area contributed by atoms with Crippen LogP contribution in [0.15, 0.2) is 18.2 Å². The van der Waals surface area contributed by atoms with E-state index < -0.39 is 11.6 Å². The van der Waals surface area contributed by atoms with Crippen LogP contribution in [0.3, 0.4) is 0 Å². The van der Waals surface area contributed by atoms with E-state index in [1.54, 1.807) is 14.0 Å². The van der Waals surface area contributed by atoms with Crippen molar-refractivity contribution in [3.63, 3.8) is 0 Å². The first kappa shape index (κ1) is 13.6. The maximum absolute atomic E-state index is 13.0. The first-order valence-electron chi connectivity index (χ1n) is 5.36. The summed E-state index contributed by atoms with van der Waals surface area (Å²) in [5.41, 5.74) is 0.513. The van der Waals surface area contributed by atoms with Gasteiger partial charge in [-0.3, -0.25) is 4.79 Å². The minimum absolute atomic E-state index is 0.0788. The van der Waals surface area contributed by atoms with E-state index in [1.807, 2.05) is 0 Å². The summed E-state index contributed by atoms with van der Waals surface area (Å²) in [6.07, 6.45) is 0.0788. The first-order chi connectivity index (χ1) is 8.08. The van der Waals surface area contributed by atoms with Crippen molar-refractivity contribution in [2.24, 2.45) is 0 Å². The molecule has 1 atom stereocenters. The molecule has 1 N–H and O–H groups in total. The fourth-order valence-electron chi connectivity index (χ4n) is 1.50. The van der Waals surface area contributed by atoms with E-state index in [4.69, 9.17) is 4.74 Å². The third kappa shape index (κ3) is 3.78. The molecule has 1 aromatic carbocycles. The van der Waals surface area contributed by atoms with Crippen LogP contribution in [-0.4, -0.2) is 19.6 Å². The summed E-state index contributed by atoms with van der Waals surface area (Å²) in [6, 6.07) is 3.18. The molecule has 17 heavy (non-hydrogen) atoms. The SMILES string of the molecule is CCOC(=O)CC(NC)c1ccc(F)c(F)c1. The van der Waals surface area contributed by atoms with E-state index in [1.165, 1.54) is 6.07 Å². The standard InChI is InChI=1S/C12H15F2NO2/c1-3-17-12(16)7-11(15-2)8-4-5-9(13)10(14)6-8/h4-6,11,15H,3,7H2,1-2H3. The second-order valence-corrected chi connectivity index (χ2v) is 3.52. The van der Waals surface area contributed by atoms with Crippen molar-refractivity contribution in [3.8, 4) is 0 Å². The molecule has 0 fully saturated rings. The second-order valence-electron chi connectivity index (χ2n) is 3.52. The van der Waals surface area contributed by atoms with Gasteiger partial charge >= 0.3 is 5.97 Å². The van der Waals surface area contributed by atoms with Crippen LogP contribution in [0.2, 0.25) is 0 Å². The number of carbonyl (C=O) groups is 1. The Morgan fingerprint density at radius 1 is 1.41 bits per heavy atom. The summed E-state index contributed by atoms with van der Waals surface area (Å²) in [6.45, 7) is 2.01. The lowest BCUT2D eigenvalue weighted by atomic mass is 10.0. The van der Waals surface area contributed by atoms with Gasteiger partial charge in [0.05, 0.1) is 13.0 Å². The third-order valence-corrected chi connectivity index (χ3v) is 2.37. The Morgan fingerprint density at radius 3 is 2.65 bits per heavy atom. The molecule has 5 heteroatoms. The lowest BCUT2D eigenvalue weighted by molar-refractivity contribution is -0.143. The van der Waals surface area contributed by atoms with Gasteiger partial charge in [0.1, 0.15) is 0 Å². The number of carbonyl (C=O) groups excluding carboxylic acids is 1. The molecule has 0 aliphatic carbocycles. The number of rotatable bonds is 5. The molecule has 0 aromatic heterocycles. The minimum Gasteiger partial charge on any atom is -0.466 e. The largest absolute Gasteiger partial charge is 0.466 e. The van der Waals surface area contributed by atoms with Gasteiger partial charge in [0, 0.05) is 6.04 Å². The summed E-state index contributed by atoms with van der Waals surface area (Å²) >= 11 is 0. The van der Waals surface area contributed by atoms with Crippen LogP contribution in [0.5, 0.6) is 0 Å². The van der Waals surface area contributed by atoms with E-state index in [9.17, 15) is 13.6 Å². The summed E-state index contributed by atoms with van der Waals surface area (Å²) in [5, 5.41) is 2.86. The molecule has 0 heterocycles. The van der Waals surface area contributed by atoms with Crippen LogP contribution in [0.4, 0.5) is 8.78 Å². The van der Waals surface area contributed by atoms with E-state index in [0.29, 0.717) is 12.2 Å². The highest BCUT2D eigenvalue weighted by Gasteiger charge is 2.16. The second kappa shape index (κ2) is 6.30. The maximum Gasteiger partial charge on any atom is 0.307 e. The lowest BCUT2D eigenvalue weighted by Gasteiger charge is -2.15. The Balaban J connectivity index is 2.79. The van der Waals surface area contributed by atoms with Crippen molar-refractivity contribution in [2.75, 3.05) is 13.7 Å². The van der Waals surface area contributed by atoms with Gasteiger partial charge in [-0.25, -0.2) is 8.78 Å². The monoisotopic (exact) mass is 243 g/mol. The topological polar surface area (TPSA) is 38.3 Å². The zero-order valence-corrected chi connectivity index (χ0v) is 9.80. The number of hydrogen-bond acceptors (Lipinski definition) is 3. The summed E-state index contributed by atoms with van der Waals surface area (Å²) in [4.78, 5) is 11.3. The Bertz CT molecular complexity index is 396. The predicted molar refractivity (Wildman–Crippen MR) is 59.4 cm³/mol. The van der Waals surface area contributed by atoms with Crippen LogP contribution in [-0.2, 0) is 9.53 Å². The molecule has 0 aliphatic heterocycles. The van der Waals surface area contributed by atoms with Crippen LogP contribution in [0.1, 0.15) is 24.9 Å². The Hall–Kier alpha value is -1.49. The number of esters is 1. The van der Waals surface area contributed by atoms with Gasteiger partial charge in [0.25, 0.3) is 0 Å². The molecule has 1 rings (SSSR count). The highest BCUT2D eigenvalue weighted by atomic mass is 19.2. The number of halogens is 2. The van der Waals surface area contributed by atoms with Crippen molar-refractivity contribution in [1.29, 1.82) is 0 Å². The maximum atomic E-state index is 13.0. The van der Waals surface area contributed by atoms with Crippen LogP contribution in [0.25, 0.3) is 0 Å². The molecule has 1 aromatic rings. The average Bonchev–Trinajstić information content (AvgIpc) is 2.30. The molecule has 1 unspecified atom stereocenters. The Labute approximate surface area is 98.8 Å². The molecular formula is C12H15F2NO2. The zero-order chi connectivity index (χ0) is 12.8. The molecule has 0 aliphatic rings. The minimum atomic E-state index is -0.924.